The average Bonchev–Trinajstić information content (AvgIpc) is 2.55. The van der Waals surface area contributed by atoms with Crippen molar-refractivity contribution < 1.29 is 14.3 Å². The number of amides is 2. The van der Waals surface area contributed by atoms with Crippen LogP contribution in [-0.2, 0) is 4.79 Å². The minimum Gasteiger partial charge on any atom is -0.481 e. The number of rotatable bonds is 3. The van der Waals surface area contributed by atoms with E-state index >= 15 is 0 Å². The van der Waals surface area contributed by atoms with E-state index in [0.29, 0.717) is 22.7 Å². The summed E-state index contributed by atoms with van der Waals surface area (Å²) in [6.07, 6.45) is 0. The molecule has 0 fully saturated rings. The summed E-state index contributed by atoms with van der Waals surface area (Å²) >= 11 is 0. The zero-order chi connectivity index (χ0) is 16.4. The standard InChI is InChI=1S/C17H17N3O3/c1-20(2)12-8-6-11(7-9-12)17(22)18-13-4-3-5-14-16(13)19-15(21)10-23-14/h3-9H,10H2,1-2H3,(H,18,22)(H,19,21). The Balaban J connectivity index is 1.82. The number of ether oxygens (including phenoxy) is 1. The second-order valence-corrected chi connectivity index (χ2v) is 5.41. The van der Waals surface area contributed by atoms with Gasteiger partial charge in [0.2, 0.25) is 0 Å². The molecule has 0 radical (unpaired) electrons. The van der Waals surface area contributed by atoms with Crippen LogP contribution in [0.1, 0.15) is 10.4 Å². The molecule has 6 heteroatoms. The molecule has 3 rings (SSSR count). The van der Waals surface area contributed by atoms with Crippen LogP contribution in [-0.4, -0.2) is 32.5 Å². The Morgan fingerprint density at radius 2 is 1.91 bits per heavy atom. The maximum absolute atomic E-state index is 12.4. The van der Waals surface area contributed by atoms with Gasteiger partial charge in [0, 0.05) is 25.3 Å². The summed E-state index contributed by atoms with van der Waals surface area (Å²) < 4.78 is 5.34. The molecular formula is C17H17N3O3. The Morgan fingerprint density at radius 1 is 1.17 bits per heavy atom. The summed E-state index contributed by atoms with van der Waals surface area (Å²) in [5, 5.41) is 5.53. The lowest BCUT2D eigenvalue weighted by Gasteiger charge is -2.21. The van der Waals surface area contributed by atoms with E-state index in [1.807, 2.05) is 31.1 Å². The Hall–Kier alpha value is -3.02. The van der Waals surface area contributed by atoms with E-state index in [4.69, 9.17) is 4.74 Å². The molecule has 2 aromatic rings. The minimum atomic E-state index is -0.247. The number of nitrogens with zero attached hydrogens (tertiary/aromatic N) is 1. The monoisotopic (exact) mass is 311 g/mol. The zero-order valence-corrected chi connectivity index (χ0v) is 12.9. The van der Waals surface area contributed by atoms with Crippen molar-refractivity contribution in [2.75, 3.05) is 36.2 Å². The van der Waals surface area contributed by atoms with Gasteiger partial charge in [-0.1, -0.05) is 6.07 Å². The molecule has 0 saturated carbocycles. The van der Waals surface area contributed by atoms with Gasteiger partial charge < -0.3 is 20.3 Å². The van der Waals surface area contributed by atoms with Gasteiger partial charge in [-0.3, -0.25) is 9.59 Å². The molecule has 1 aliphatic heterocycles. The van der Waals surface area contributed by atoms with E-state index in [0.717, 1.165) is 5.69 Å². The molecule has 2 amide bonds. The smallest absolute Gasteiger partial charge is 0.262 e. The second kappa shape index (κ2) is 6.00. The van der Waals surface area contributed by atoms with Crippen LogP contribution in [0.5, 0.6) is 5.75 Å². The molecule has 1 heterocycles. The van der Waals surface area contributed by atoms with Gasteiger partial charge in [-0.25, -0.2) is 0 Å². The van der Waals surface area contributed by atoms with Crippen LogP contribution in [0.3, 0.4) is 0 Å². The van der Waals surface area contributed by atoms with Gasteiger partial charge in [0.25, 0.3) is 11.8 Å². The summed E-state index contributed by atoms with van der Waals surface area (Å²) in [6, 6.07) is 12.5. The van der Waals surface area contributed by atoms with Crippen molar-refractivity contribution in [1.82, 2.24) is 0 Å². The third-order valence-corrected chi connectivity index (χ3v) is 3.54. The minimum absolute atomic E-state index is 0.0175. The third kappa shape index (κ3) is 3.11. The Morgan fingerprint density at radius 3 is 2.61 bits per heavy atom. The number of benzene rings is 2. The molecule has 0 aromatic heterocycles. The van der Waals surface area contributed by atoms with Gasteiger partial charge in [0.15, 0.2) is 6.61 Å². The molecule has 0 atom stereocenters. The van der Waals surface area contributed by atoms with Crippen LogP contribution in [0.25, 0.3) is 0 Å². The number of anilines is 3. The van der Waals surface area contributed by atoms with Crippen LogP contribution >= 0.6 is 0 Å². The highest BCUT2D eigenvalue weighted by Gasteiger charge is 2.20. The summed E-state index contributed by atoms with van der Waals surface area (Å²) in [5.41, 5.74) is 2.55. The van der Waals surface area contributed by atoms with E-state index in [9.17, 15) is 9.59 Å². The van der Waals surface area contributed by atoms with Crippen LogP contribution in [0.4, 0.5) is 17.1 Å². The first-order valence-corrected chi connectivity index (χ1v) is 7.19. The molecule has 1 aliphatic rings. The van der Waals surface area contributed by atoms with E-state index in [2.05, 4.69) is 10.6 Å². The maximum atomic E-state index is 12.4. The predicted octanol–water partition coefficient (Wildman–Crippen LogP) is 2.34. The van der Waals surface area contributed by atoms with Gasteiger partial charge in [-0.05, 0) is 36.4 Å². The van der Waals surface area contributed by atoms with Gasteiger partial charge in [-0.15, -0.1) is 0 Å². The maximum Gasteiger partial charge on any atom is 0.262 e. The molecule has 0 bridgehead atoms. The SMILES string of the molecule is CN(C)c1ccc(C(=O)Nc2cccc3c2NC(=O)CO3)cc1. The fourth-order valence-electron chi connectivity index (χ4n) is 2.31. The van der Waals surface area contributed by atoms with Crippen LogP contribution < -0.4 is 20.3 Å². The number of carbonyl (C=O) groups excluding carboxylic acids is 2. The fraction of sp³-hybridized carbons (Fsp3) is 0.176. The second-order valence-electron chi connectivity index (χ2n) is 5.41. The molecule has 0 unspecified atom stereocenters. The largest absolute Gasteiger partial charge is 0.481 e. The van der Waals surface area contributed by atoms with Gasteiger partial charge >= 0.3 is 0 Å². The highest BCUT2D eigenvalue weighted by atomic mass is 16.5. The van der Waals surface area contributed by atoms with Crippen molar-refractivity contribution >= 4 is 28.9 Å². The highest BCUT2D eigenvalue weighted by Crippen LogP contribution is 2.35. The molecule has 118 valence electrons. The van der Waals surface area contributed by atoms with Crippen LogP contribution in [0.15, 0.2) is 42.5 Å². The number of nitrogens with one attached hydrogen (secondary N) is 2. The molecular weight excluding hydrogens is 294 g/mol. The lowest BCUT2D eigenvalue weighted by molar-refractivity contribution is -0.118. The number of hydrogen-bond donors (Lipinski definition) is 2. The Kier molecular flexibility index (Phi) is 3.89. The number of fused-ring (bicyclic) bond motifs is 1. The van der Waals surface area contributed by atoms with Crippen LogP contribution in [0.2, 0.25) is 0 Å². The number of carbonyl (C=O) groups is 2. The quantitative estimate of drug-likeness (QED) is 0.913. The number of hydrogen-bond acceptors (Lipinski definition) is 4. The van der Waals surface area contributed by atoms with Crippen molar-refractivity contribution in [2.45, 2.75) is 0 Å². The van der Waals surface area contributed by atoms with Crippen molar-refractivity contribution in [3.63, 3.8) is 0 Å². The normalized spacial score (nSPS) is 12.7. The average molecular weight is 311 g/mol. The number of para-hydroxylation sites is 1. The molecule has 6 nitrogen and oxygen atoms in total. The van der Waals surface area contributed by atoms with Crippen LogP contribution in [0, 0.1) is 0 Å². The van der Waals surface area contributed by atoms with Gasteiger partial charge in [-0.2, -0.15) is 0 Å². The molecule has 2 aromatic carbocycles. The topological polar surface area (TPSA) is 70.7 Å². The van der Waals surface area contributed by atoms with Gasteiger partial charge in [0.05, 0.1) is 5.69 Å². The lowest BCUT2D eigenvalue weighted by Crippen LogP contribution is -2.26. The highest BCUT2D eigenvalue weighted by molar-refractivity contribution is 6.08. The Labute approximate surface area is 134 Å². The first-order valence-electron chi connectivity index (χ1n) is 7.19. The molecule has 2 N–H and O–H groups in total. The van der Waals surface area contributed by atoms with E-state index in [1.165, 1.54) is 0 Å². The fourth-order valence-corrected chi connectivity index (χ4v) is 2.31. The Bertz CT molecular complexity index is 754. The molecule has 0 aliphatic carbocycles. The van der Waals surface area contributed by atoms with Crippen molar-refractivity contribution in [1.29, 1.82) is 0 Å². The predicted molar refractivity (Wildman–Crippen MR) is 89.3 cm³/mol. The van der Waals surface area contributed by atoms with E-state index in [-0.39, 0.29) is 18.4 Å². The van der Waals surface area contributed by atoms with Crippen molar-refractivity contribution in [3.05, 3.63) is 48.0 Å². The lowest BCUT2D eigenvalue weighted by atomic mass is 10.1. The molecule has 23 heavy (non-hydrogen) atoms. The third-order valence-electron chi connectivity index (χ3n) is 3.54. The summed E-state index contributed by atoms with van der Waals surface area (Å²) in [5.74, 6) is 0.0587. The summed E-state index contributed by atoms with van der Waals surface area (Å²) in [4.78, 5) is 25.8. The van der Waals surface area contributed by atoms with Gasteiger partial charge in [0.1, 0.15) is 11.4 Å². The zero-order valence-electron chi connectivity index (χ0n) is 12.9. The molecule has 0 spiro atoms. The first kappa shape index (κ1) is 14.9. The molecule has 0 saturated heterocycles. The summed E-state index contributed by atoms with van der Waals surface area (Å²) in [6.45, 7) is -0.0175. The van der Waals surface area contributed by atoms with Crippen molar-refractivity contribution in [2.24, 2.45) is 0 Å². The summed E-state index contributed by atoms with van der Waals surface area (Å²) in [7, 11) is 3.88. The van der Waals surface area contributed by atoms with Crippen molar-refractivity contribution in [3.8, 4) is 5.75 Å². The first-order chi connectivity index (χ1) is 11.0. The van der Waals surface area contributed by atoms with E-state index in [1.54, 1.807) is 30.3 Å². The van der Waals surface area contributed by atoms with E-state index < -0.39 is 0 Å².